The fraction of sp³-hybridized carbons (Fsp3) is 0.769. The number of hydrogen-bond acceptors (Lipinski definition) is 2. The Morgan fingerprint density at radius 3 is 2.40 bits per heavy atom. The predicted octanol–water partition coefficient (Wildman–Crippen LogP) is 3.86. The number of unbranched alkanes of at least 4 members (excludes halogenated alkanes) is 5. The first-order valence-corrected chi connectivity index (χ1v) is 6.06. The Balaban J connectivity index is 3.53. The molecule has 0 fully saturated rings. The normalized spacial score (nSPS) is 11.5. The summed E-state index contributed by atoms with van der Waals surface area (Å²) in [7, 11) is 0. The molecule has 0 saturated heterocycles. The summed E-state index contributed by atoms with van der Waals surface area (Å²) in [5, 5.41) is 0. The molecule has 0 unspecified atom stereocenters. The summed E-state index contributed by atoms with van der Waals surface area (Å²) in [6.45, 7) is 6.32. The zero-order valence-electron chi connectivity index (χ0n) is 10.3. The van der Waals surface area contributed by atoms with Gasteiger partial charge in [0, 0.05) is 5.57 Å². The summed E-state index contributed by atoms with van der Waals surface area (Å²) in [6, 6.07) is 0. The molecule has 88 valence electrons. The molecule has 0 spiro atoms. The molecule has 2 nitrogen and oxygen atoms in total. The van der Waals surface area contributed by atoms with Crippen LogP contribution in [-0.4, -0.2) is 12.6 Å². The number of carbonyl (C=O) groups excluding carboxylic acids is 1. The second-order valence-corrected chi connectivity index (χ2v) is 3.81. The summed E-state index contributed by atoms with van der Waals surface area (Å²) in [5.74, 6) is -0.175. The van der Waals surface area contributed by atoms with Crippen molar-refractivity contribution in [1.29, 1.82) is 0 Å². The third kappa shape index (κ3) is 8.22. The van der Waals surface area contributed by atoms with Gasteiger partial charge in [-0.25, -0.2) is 4.79 Å². The molecule has 0 rings (SSSR count). The van der Waals surface area contributed by atoms with E-state index in [1.807, 2.05) is 19.9 Å². The fourth-order valence-corrected chi connectivity index (χ4v) is 1.39. The van der Waals surface area contributed by atoms with Gasteiger partial charge in [-0.3, -0.25) is 0 Å². The average Bonchev–Trinajstić information content (AvgIpc) is 2.23. The van der Waals surface area contributed by atoms with Crippen molar-refractivity contribution < 1.29 is 9.53 Å². The maximum absolute atomic E-state index is 11.2. The van der Waals surface area contributed by atoms with Crippen molar-refractivity contribution >= 4 is 5.97 Å². The van der Waals surface area contributed by atoms with E-state index in [2.05, 4.69) is 6.92 Å². The van der Waals surface area contributed by atoms with E-state index in [-0.39, 0.29) is 5.97 Å². The van der Waals surface area contributed by atoms with E-state index < -0.39 is 0 Å². The molecule has 0 aromatic heterocycles. The molecule has 0 bridgehead atoms. The summed E-state index contributed by atoms with van der Waals surface area (Å²) in [6.07, 6.45) is 9.33. The zero-order chi connectivity index (χ0) is 11.5. The van der Waals surface area contributed by atoms with E-state index in [0.717, 1.165) is 12.0 Å². The van der Waals surface area contributed by atoms with E-state index in [0.29, 0.717) is 6.61 Å². The number of allylic oxidation sites excluding steroid dienone is 1. The first-order chi connectivity index (χ1) is 7.22. The van der Waals surface area contributed by atoms with Crippen molar-refractivity contribution in [2.75, 3.05) is 6.61 Å². The molecule has 0 aliphatic rings. The SMILES string of the molecule is CCCCCCC/C=C(/C)C(=O)OCC. The maximum Gasteiger partial charge on any atom is 0.333 e. The van der Waals surface area contributed by atoms with E-state index in [1.54, 1.807) is 0 Å². The molecule has 0 aliphatic carbocycles. The average molecular weight is 212 g/mol. The third-order valence-corrected chi connectivity index (χ3v) is 2.36. The van der Waals surface area contributed by atoms with Crippen molar-refractivity contribution in [2.45, 2.75) is 59.3 Å². The van der Waals surface area contributed by atoms with Crippen LogP contribution in [0.15, 0.2) is 11.6 Å². The Bertz CT molecular complexity index is 195. The van der Waals surface area contributed by atoms with E-state index in [4.69, 9.17) is 4.74 Å². The van der Waals surface area contributed by atoms with Gasteiger partial charge in [-0.15, -0.1) is 0 Å². The first-order valence-electron chi connectivity index (χ1n) is 6.06. The smallest absolute Gasteiger partial charge is 0.333 e. The van der Waals surface area contributed by atoms with Crippen molar-refractivity contribution in [2.24, 2.45) is 0 Å². The van der Waals surface area contributed by atoms with E-state index in [9.17, 15) is 4.79 Å². The monoisotopic (exact) mass is 212 g/mol. The highest BCUT2D eigenvalue weighted by molar-refractivity contribution is 5.87. The molecule has 15 heavy (non-hydrogen) atoms. The van der Waals surface area contributed by atoms with Crippen LogP contribution in [-0.2, 0) is 9.53 Å². The molecule has 0 N–H and O–H groups in total. The van der Waals surface area contributed by atoms with Gasteiger partial charge in [0.15, 0.2) is 0 Å². The van der Waals surface area contributed by atoms with Crippen molar-refractivity contribution in [1.82, 2.24) is 0 Å². The van der Waals surface area contributed by atoms with Gasteiger partial charge >= 0.3 is 5.97 Å². The van der Waals surface area contributed by atoms with E-state index >= 15 is 0 Å². The lowest BCUT2D eigenvalue weighted by molar-refractivity contribution is -0.138. The van der Waals surface area contributed by atoms with Crippen LogP contribution in [0.3, 0.4) is 0 Å². The second kappa shape index (κ2) is 9.75. The Kier molecular flexibility index (Phi) is 9.24. The number of ether oxygens (including phenoxy) is 1. The highest BCUT2D eigenvalue weighted by atomic mass is 16.5. The fourth-order valence-electron chi connectivity index (χ4n) is 1.39. The zero-order valence-corrected chi connectivity index (χ0v) is 10.3. The Hall–Kier alpha value is -0.790. The third-order valence-electron chi connectivity index (χ3n) is 2.36. The van der Waals surface area contributed by atoms with Crippen LogP contribution >= 0.6 is 0 Å². The highest BCUT2D eigenvalue weighted by Gasteiger charge is 2.02. The van der Waals surface area contributed by atoms with Gasteiger partial charge in [-0.1, -0.05) is 38.7 Å². The van der Waals surface area contributed by atoms with Crippen LogP contribution in [0.5, 0.6) is 0 Å². The van der Waals surface area contributed by atoms with Gasteiger partial charge in [0.05, 0.1) is 6.61 Å². The molecule has 0 saturated carbocycles. The Morgan fingerprint density at radius 2 is 1.80 bits per heavy atom. The molecule has 0 radical (unpaired) electrons. The van der Waals surface area contributed by atoms with Crippen LogP contribution in [0.4, 0.5) is 0 Å². The lowest BCUT2D eigenvalue weighted by atomic mass is 10.1. The van der Waals surface area contributed by atoms with E-state index in [1.165, 1.54) is 32.1 Å². The van der Waals surface area contributed by atoms with Crippen molar-refractivity contribution in [3.8, 4) is 0 Å². The lowest BCUT2D eigenvalue weighted by Crippen LogP contribution is -2.04. The molecule has 0 atom stereocenters. The minimum atomic E-state index is -0.175. The van der Waals surface area contributed by atoms with Gasteiger partial charge in [-0.2, -0.15) is 0 Å². The number of hydrogen-bond donors (Lipinski definition) is 0. The van der Waals surface area contributed by atoms with Crippen LogP contribution < -0.4 is 0 Å². The van der Waals surface area contributed by atoms with Crippen molar-refractivity contribution in [3.63, 3.8) is 0 Å². The first kappa shape index (κ1) is 14.2. The summed E-state index contributed by atoms with van der Waals surface area (Å²) >= 11 is 0. The minimum Gasteiger partial charge on any atom is -0.463 e. The Labute approximate surface area is 93.7 Å². The maximum atomic E-state index is 11.2. The van der Waals surface area contributed by atoms with Gasteiger partial charge < -0.3 is 4.74 Å². The molecular weight excluding hydrogens is 188 g/mol. The molecule has 0 aromatic carbocycles. The molecular formula is C13H24O2. The largest absolute Gasteiger partial charge is 0.463 e. The van der Waals surface area contributed by atoms with Crippen LogP contribution in [0.2, 0.25) is 0 Å². The molecule has 0 aromatic rings. The number of carbonyl (C=O) groups is 1. The predicted molar refractivity (Wildman–Crippen MR) is 63.8 cm³/mol. The van der Waals surface area contributed by atoms with Crippen molar-refractivity contribution in [3.05, 3.63) is 11.6 Å². The molecule has 2 heteroatoms. The van der Waals surface area contributed by atoms with Crippen LogP contribution in [0.1, 0.15) is 59.3 Å². The number of rotatable bonds is 8. The molecule has 0 aliphatic heterocycles. The van der Waals surface area contributed by atoms with Gasteiger partial charge in [0.2, 0.25) is 0 Å². The summed E-state index contributed by atoms with van der Waals surface area (Å²) in [5.41, 5.74) is 0.743. The quantitative estimate of drug-likeness (QED) is 0.347. The highest BCUT2D eigenvalue weighted by Crippen LogP contribution is 2.07. The van der Waals surface area contributed by atoms with Crippen LogP contribution in [0.25, 0.3) is 0 Å². The number of esters is 1. The standard InChI is InChI=1S/C13H24O2/c1-4-6-7-8-9-10-11-12(3)13(14)15-5-2/h11H,4-10H2,1-3H3/b12-11-. The minimum absolute atomic E-state index is 0.175. The molecule has 0 amide bonds. The van der Waals surface area contributed by atoms with Crippen LogP contribution in [0, 0.1) is 0 Å². The Morgan fingerprint density at radius 1 is 1.13 bits per heavy atom. The summed E-state index contributed by atoms with van der Waals surface area (Å²) in [4.78, 5) is 11.2. The molecule has 0 heterocycles. The second-order valence-electron chi connectivity index (χ2n) is 3.81. The van der Waals surface area contributed by atoms with Gasteiger partial charge in [-0.05, 0) is 26.7 Å². The summed E-state index contributed by atoms with van der Waals surface area (Å²) < 4.78 is 4.89. The topological polar surface area (TPSA) is 26.3 Å². The lowest BCUT2D eigenvalue weighted by Gasteiger charge is -2.01. The van der Waals surface area contributed by atoms with Gasteiger partial charge in [0.25, 0.3) is 0 Å². The van der Waals surface area contributed by atoms with Gasteiger partial charge in [0.1, 0.15) is 0 Å².